The van der Waals surface area contributed by atoms with Crippen molar-refractivity contribution in [3.05, 3.63) is 59.7 Å². The quantitative estimate of drug-likeness (QED) is 0.469. The SMILES string of the molecule is COc1ccc(Cn2nnnc2SCC(=O)N2CCN(c3cccc(C(F)(F)F)c3)CC2)cc1. The number of aromatic nitrogens is 4. The number of tetrazole rings is 1. The third-order valence-corrected chi connectivity index (χ3v) is 6.43. The van der Waals surface area contributed by atoms with E-state index in [0.717, 1.165) is 23.4 Å². The van der Waals surface area contributed by atoms with Gasteiger partial charge in [0.05, 0.1) is 25.0 Å². The zero-order chi connectivity index (χ0) is 24.1. The Morgan fingerprint density at radius 3 is 2.50 bits per heavy atom. The molecule has 1 aliphatic rings. The van der Waals surface area contributed by atoms with Crippen LogP contribution in [0.15, 0.2) is 53.7 Å². The van der Waals surface area contributed by atoms with Crippen molar-refractivity contribution >= 4 is 23.4 Å². The average molecular weight is 493 g/mol. The first-order chi connectivity index (χ1) is 16.3. The van der Waals surface area contributed by atoms with Crippen molar-refractivity contribution in [2.45, 2.75) is 17.9 Å². The maximum Gasteiger partial charge on any atom is 0.416 e. The van der Waals surface area contributed by atoms with E-state index < -0.39 is 11.7 Å². The molecule has 0 spiro atoms. The van der Waals surface area contributed by atoms with Crippen molar-refractivity contribution < 1.29 is 22.7 Å². The van der Waals surface area contributed by atoms with E-state index >= 15 is 0 Å². The van der Waals surface area contributed by atoms with Crippen molar-refractivity contribution in [1.29, 1.82) is 0 Å². The number of benzene rings is 2. The van der Waals surface area contributed by atoms with Crippen LogP contribution in [0.3, 0.4) is 0 Å². The van der Waals surface area contributed by atoms with Crippen LogP contribution in [0.1, 0.15) is 11.1 Å². The molecule has 12 heteroatoms. The lowest BCUT2D eigenvalue weighted by molar-refractivity contribution is -0.137. The van der Waals surface area contributed by atoms with Gasteiger partial charge >= 0.3 is 6.18 Å². The highest BCUT2D eigenvalue weighted by molar-refractivity contribution is 7.99. The summed E-state index contributed by atoms with van der Waals surface area (Å²) in [5.74, 6) is 0.869. The van der Waals surface area contributed by atoms with Gasteiger partial charge in [0.2, 0.25) is 11.1 Å². The summed E-state index contributed by atoms with van der Waals surface area (Å²) in [6.45, 7) is 2.27. The summed E-state index contributed by atoms with van der Waals surface area (Å²) in [6, 6.07) is 12.8. The number of carbonyl (C=O) groups is 1. The molecule has 0 radical (unpaired) electrons. The van der Waals surface area contributed by atoms with Crippen molar-refractivity contribution in [2.24, 2.45) is 0 Å². The molecular weight excluding hydrogens is 469 g/mol. The van der Waals surface area contributed by atoms with Crippen LogP contribution in [0.25, 0.3) is 0 Å². The molecule has 1 aliphatic heterocycles. The molecule has 1 fully saturated rings. The number of methoxy groups -OCH3 is 1. The molecule has 0 atom stereocenters. The lowest BCUT2D eigenvalue weighted by atomic mass is 10.1. The number of anilines is 1. The van der Waals surface area contributed by atoms with Gasteiger partial charge in [-0.2, -0.15) is 13.2 Å². The number of piperazine rings is 1. The Labute approximate surface area is 198 Å². The highest BCUT2D eigenvalue weighted by atomic mass is 32.2. The standard InChI is InChI=1S/C22H23F3N6O2S/c1-33-19-7-5-16(6-8-19)14-31-21(26-27-28-31)34-15-20(32)30-11-9-29(10-12-30)18-4-2-3-17(13-18)22(23,24)25/h2-8,13H,9-12,14-15H2,1H3. The Bertz CT molecular complexity index is 1110. The zero-order valence-corrected chi connectivity index (χ0v) is 19.2. The molecule has 0 unspecified atom stereocenters. The number of alkyl halides is 3. The van der Waals surface area contributed by atoms with E-state index in [1.165, 1.54) is 17.8 Å². The van der Waals surface area contributed by atoms with Crippen LogP contribution in [-0.4, -0.2) is 70.1 Å². The Balaban J connectivity index is 1.29. The Morgan fingerprint density at radius 1 is 1.09 bits per heavy atom. The Hall–Kier alpha value is -3.28. The summed E-state index contributed by atoms with van der Waals surface area (Å²) in [6.07, 6.45) is -4.38. The number of nitrogens with zero attached hydrogens (tertiary/aromatic N) is 6. The van der Waals surface area contributed by atoms with Gasteiger partial charge in [-0.3, -0.25) is 4.79 Å². The number of ether oxygens (including phenoxy) is 1. The fraction of sp³-hybridized carbons (Fsp3) is 0.364. The molecule has 1 amide bonds. The fourth-order valence-electron chi connectivity index (χ4n) is 3.61. The van der Waals surface area contributed by atoms with E-state index in [-0.39, 0.29) is 11.7 Å². The first-order valence-corrected chi connectivity index (χ1v) is 11.5. The zero-order valence-electron chi connectivity index (χ0n) is 18.4. The molecule has 1 saturated heterocycles. The molecule has 34 heavy (non-hydrogen) atoms. The summed E-state index contributed by atoms with van der Waals surface area (Å²) in [4.78, 5) is 16.3. The van der Waals surface area contributed by atoms with E-state index in [2.05, 4.69) is 15.5 Å². The summed E-state index contributed by atoms with van der Waals surface area (Å²) in [7, 11) is 1.60. The van der Waals surface area contributed by atoms with Crippen LogP contribution < -0.4 is 9.64 Å². The number of rotatable bonds is 7. The number of hydrogen-bond donors (Lipinski definition) is 0. The van der Waals surface area contributed by atoms with Crippen molar-refractivity contribution in [3.8, 4) is 5.75 Å². The largest absolute Gasteiger partial charge is 0.497 e. The van der Waals surface area contributed by atoms with Gasteiger partial charge in [0.15, 0.2) is 0 Å². The molecule has 180 valence electrons. The van der Waals surface area contributed by atoms with Crippen LogP contribution >= 0.6 is 11.8 Å². The highest BCUT2D eigenvalue weighted by Gasteiger charge is 2.31. The van der Waals surface area contributed by atoms with Gasteiger partial charge < -0.3 is 14.5 Å². The first kappa shape index (κ1) is 23.9. The van der Waals surface area contributed by atoms with Crippen molar-refractivity contribution in [2.75, 3.05) is 43.9 Å². The second kappa shape index (κ2) is 10.3. The lowest BCUT2D eigenvalue weighted by Crippen LogP contribution is -2.49. The van der Waals surface area contributed by atoms with Gasteiger partial charge in [-0.1, -0.05) is 30.0 Å². The van der Waals surface area contributed by atoms with E-state index in [0.29, 0.717) is 43.6 Å². The molecule has 4 rings (SSSR count). The normalized spacial score (nSPS) is 14.4. The minimum Gasteiger partial charge on any atom is -0.497 e. The molecule has 2 aromatic carbocycles. The van der Waals surface area contributed by atoms with Gasteiger partial charge in [0, 0.05) is 31.9 Å². The topological polar surface area (TPSA) is 76.4 Å². The summed E-state index contributed by atoms with van der Waals surface area (Å²) < 4.78 is 45.8. The van der Waals surface area contributed by atoms with Gasteiger partial charge in [0.1, 0.15) is 5.75 Å². The summed E-state index contributed by atoms with van der Waals surface area (Å²) >= 11 is 1.26. The lowest BCUT2D eigenvalue weighted by Gasteiger charge is -2.36. The molecule has 0 N–H and O–H groups in total. The average Bonchev–Trinajstić information content (AvgIpc) is 3.29. The maximum atomic E-state index is 13.0. The minimum absolute atomic E-state index is 0.0623. The predicted octanol–water partition coefficient (Wildman–Crippen LogP) is 3.19. The Kier molecular flexibility index (Phi) is 7.25. The second-order valence-corrected chi connectivity index (χ2v) is 8.61. The molecule has 0 aliphatic carbocycles. The monoisotopic (exact) mass is 492 g/mol. The predicted molar refractivity (Wildman–Crippen MR) is 121 cm³/mol. The van der Waals surface area contributed by atoms with E-state index in [9.17, 15) is 18.0 Å². The van der Waals surface area contributed by atoms with Crippen LogP contribution in [0.4, 0.5) is 18.9 Å². The number of thioether (sulfide) groups is 1. The third kappa shape index (κ3) is 5.79. The van der Waals surface area contributed by atoms with Gasteiger partial charge in [0.25, 0.3) is 0 Å². The van der Waals surface area contributed by atoms with Crippen LogP contribution in [0.5, 0.6) is 5.75 Å². The fourth-order valence-corrected chi connectivity index (χ4v) is 4.39. The van der Waals surface area contributed by atoms with E-state index in [1.807, 2.05) is 29.2 Å². The van der Waals surface area contributed by atoms with Crippen LogP contribution in [0.2, 0.25) is 0 Å². The maximum absolute atomic E-state index is 13.0. The summed E-state index contributed by atoms with van der Waals surface area (Å²) in [5, 5.41) is 12.3. The third-order valence-electron chi connectivity index (χ3n) is 5.49. The van der Waals surface area contributed by atoms with Gasteiger partial charge in [-0.05, 0) is 46.3 Å². The molecule has 3 aromatic rings. The summed E-state index contributed by atoms with van der Waals surface area (Å²) in [5.41, 5.74) is 0.827. The molecule has 0 saturated carbocycles. The molecule has 1 aromatic heterocycles. The molecule has 8 nitrogen and oxygen atoms in total. The van der Waals surface area contributed by atoms with Crippen molar-refractivity contribution in [1.82, 2.24) is 25.1 Å². The van der Waals surface area contributed by atoms with Gasteiger partial charge in [-0.25, -0.2) is 4.68 Å². The first-order valence-electron chi connectivity index (χ1n) is 10.6. The smallest absolute Gasteiger partial charge is 0.416 e. The van der Waals surface area contributed by atoms with E-state index in [4.69, 9.17) is 4.74 Å². The number of amides is 1. The van der Waals surface area contributed by atoms with Crippen LogP contribution in [0, 0.1) is 0 Å². The number of carbonyl (C=O) groups excluding carboxylic acids is 1. The Morgan fingerprint density at radius 2 is 1.82 bits per heavy atom. The molecular formula is C22H23F3N6O2S. The van der Waals surface area contributed by atoms with E-state index in [1.54, 1.807) is 22.8 Å². The number of halogens is 3. The molecule has 0 bridgehead atoms. The van der Waals surface area contributed by atoms with Crippen molar-refractivity contribution in [3.63, 3.8) is 0 Å². The minimum atomic E-state index is -4.38. The number of hydrogen-bond acceptors (Lipinski definition) is 7. The van der Waals surface area contributed by atoms with Gasteiger partial charge in [-0.15, -0.1) is 5.10 Å². The highest BCUT2D eigenvalue weighted by Crippen LogP contribution is 2.32. The van der Waals surface area contributed by atoms with Crippen LogP contribution in [-0.2, 0) is 17.5 Å². The second-order valence-electron chi connectivity index (χ2n) is 7.67. The molecule has 2 heterocycles.